The number of ether oxygens (including phenoxy) is 1. The first kappa shape index (κ1) is 23.6. The summed E-state index contributed by atoms with van der Waals surface area (Å²) in [5.41, 5.74) is 1.39. The topological polar surface area (TPSA) is 69.0 Å². The molecule has 0 radical (unpaired) electrons. The van der Waals surface area contributed by atoms with E-state index in [9.17, 15) is 4.79 Å². The zero-order chi connectivity index (χ0) is 22.4. The van der Waals surface area contributed by atoms with E-state index in [1.54, 1.807) is 0 Å². The first-order valence-electron chi connectivity index (χ1n) is 11.4. The second-order valence-corrected chi connectivity index (χ2v) is 10.3. The molecule has 1 aromatic heterocycles. The number of carbonyl (C=O) groups is 1. The molecule has 6 nitrogen and oxygen atoms in total. The molecule has 0 saturated heterocycles. The van der Waals surface area contributed by atoms with Crippen molar-refractivity contribution in [3.8, 4) is 5.75 Å². The van der Waals surface area contributed by atoms with Crippen LogP contribution in [-0.2, 0) is 16.8 Å². The molecule has 1 atom stereocenters. The van der Waals surface area contributed by atoms with Gasteiger partial charge in [0, 0.05) is 12.6 Å². The lowest BCUT2D eigenvalue weighted by Gasteiger charge is -2.22. The third kappa shape index (κ3) is 6.48. The van der Waals surface area contributed by atoms with E-state index < -0.39 is 0 Å². The van der Waals surface area contributed by atoms with E-state index >= 15 is 0 Å². The number of nitrogens with zero attached hydrogens (tertiary/aromatic N) is 3. The summed E-state index contributed by atoms with van der Waals surface area (Å²) in [5.74, 6) is 2.02. The van der Waals surface area contributed by atoms with Gasteiger partial charge in [-0.1, -0.05) is 63.9 Å². The van der Waals surface area contributed by atoms with E-state index in [-0.39, 0.29) is 17.4 Å². The molecule has 1 heterocycles. The number of thioether (sulfide) groups is 1. The van der Waals surface area contributed by atoms with Crippen LogP contribution in [0.4, 0.5) is 0 Å². The lowest BCUT2D eigenvalue weighted by Crippen LogP contribution is -2.37. The summed E-state index contributed by atoms with van der Waals surface area (Å²) < 4.78 is 8.17. The van der Waals surface area contributed by atoms with E-state index in [1.165, 1.54) is 36.6 Å². The second-order valence-electron chi connectivity index (χ2n) is 9.31. The Morgan fingerprint density at radius 1 is 1.19 bits per heavy atom. The molecule has 0 aliphatic heterocycles. The van der Waals surface area contributed by atoms with Gasteiger partial charge in [0.1, 0.15) is 5.75 Å². The van der Waals surface area contributed by atoms with Crippen molar-refractivity contribution in [2.24, 2.45) is 0 Å². The van der Waals surface area contributed by atoms with Gasteiger partial charge >= 0.3 is 0 Å². The molecule has 7 heteroatoms. The molecule has 1 amide bonds. The van der Waals surface area contributed by atoms with Gasteiger partial charge in [0.05, 0.1) is 5.75 Å². The van der Waals surface area contributed by atoms with Crippen LogP contribution in [0.1, 0.15) is 84.2 Å². The number of hydrogen-bond donors (Lipinski definition) is 1. The highest BCUT2D eigenvalue weighted by Crippen LogP contribution is 2.28. The van der Waals surface area contributed by atoms with Gasteiger partial charge in [-0.15, -0.1) is 10.2 Å². The molecule has 1 aliphatic rings. The minimum Gasteiger partial charge on any atom is -0.483 e. The number of carbonyl (C=O) groups excluding carboxylic acids is 1. The summed E-state index contributed by atoms with van der Waals surface area (Å²) in [5, 5.41) is 12.6. The fourth-order valence-corrected chi connectivity index (χ4v) is 4.76. The van der Waals surface area contributed by atoms with Crippen LogP contribution in [0.3, 0.4) is 0 Å². The van der Waals surface area contributed by atoms with E-state index in [2.05, 4.69) is 55.3 Å². The Labute approximate surface area is 190 Å². The predicted octanol–water partition coefficient (Wildman–Crippen LogP) is 5.28. The van der Waals surface area contributed by atoms with Crippen LogP contribution in [-0.4, -0.2) is 32.5 Å². The lowest BCUT2D eigenvalue weighted by atomic mass is 9.87. The average molecular weight is 445 g/mol. The van der Waals surface area contributed by atoms with Crippen molar-refractivity contribution in [1.29, 1.82) is 0 Å². The van der Waals surface area contributed by atoms with Crippen molar-refractivity contribution in [1.82, 2.24) is 20.1 Å². The van der Waals surface area contributed by atoms with Gasteiger partial charge in [0.15, 0.2) is 17.1 Å². The van der Waals surface area contributed by atoms with Crippen LogP contribution in [0, 0.1) is 0 Å². The highest BCUT2D eigenvalue weighted by atomic mass is 32.2. The SMILES string of the molecule is CCn1c(SCC(=O)NC2CCCCC2)nnc1C(C)Oc1ccc(C(C)(C)C)cc1. The molecule has 31 heavy (non-hydrogen) atoms. The third-order valence-electron chi connectivity index (χ3n) is 5.76. The summed E-state index contributed by atoms with van der Waals surface area (Å²) in [7, 11) is 0. The fraction of sp³-hybridized carbons (Fsp3) is 0.625. The molecular weight excluding hydrogens is 408 g/mol. The molecular formula is C24H36N4O2S. The van der Waals surface area contributed by atoms with Gasteiger partial charge in [-0.3, -0.25) is 4.79 Å². The predicted molar refractivity (Wildman–Crippen MR) is 126 cm³/mol. The second kappa shape index (κ2) is 10.5. The maximum absolute atomic E-state index is 12.3. The molecule has 0 spiro atoms. The van der Waals surface area contributed by atoms with Crippen LogP contribution >= 0.6 is 11.8 Å². The molecule has 1 saturated carbocycles. The van der Waals surface area contributed by atoms with Crippen molar-refractivity contribution < 1.29 is 9.53 Å². The van der Waals surface area contributed by atoms with Crippen molar-refractivity contribution in [2.45, 2.75) is 96.0 Å². The smallest absolute Gasteiger partial charge is 0.230 e. The number of hydrogen-bond acceptors (Lipinski definition) is 5. The Balaban J connectivity index is 1.58. The number of benzene rings is 1. The van der Waals surface area contributed by atoms with E-state index in [4.69, 9.17) is 4.74 Å². The Hall–Kier alpha value is -2.02. The molecule has 170 valence electrons. The molecule has 3 rings (SSSR count). The van der Waals surface area contributed by atoms with Gasteiger partial charge in [-0.25, -0.2) is 0 Å². The van der Waals surface area contributed by atoms with Crippen LogP contribution in [0.15, 0.2) is 29.4 Å². The molecule has 1 fully saturated rings. The minimum atomic E-state index is -0.238. The normalized spacial score (nSPS) is 16.2. The average Bonchev–Trinajstić information content (AvgIpc) is 3.16. The van der Waals surface area contributed by atoms with E-state index in [0.29, 0.717) is 11.8 Å². The third-order valence-corrected chi connectivity index (χ3v) is 6.73. The fourth-order valence-electron chi connectivity index (χ4n) is 3.94. The van der Waals surface area contributed by atoms with Crippen molar-refractivity contribution >= 4 is 17.7 Å². The van der Waals surface area contributed by atoms with Crippen molar-refractivity contribution in [3.05, 3.63) is 35.7 Å². The first-order chi connectivity index (χ1) is 14.8. The maximum atomic E-state index is 12.3. The van der Waals surface area contributed by atoms with Crippen molar-refractivity contribution in [3.63, 3.8) is 0 Å². The number of aromatic nitrogens is 3. The molecule has 1 aliphatic carbocycles. The Kier molecular flexibility index (Phi) is 8.03. The Morgan fingerprint density at radius 2 is 1.87 bits per heavy atom. The highest BCUT2D eigenvalue weighted by Gasteiger charge is 2.21. The molecule has 1 aromatic carbocycles. The highest BCUT2D eigenvalue weighted by molar-refractivity contribution is 7.99. The summed E-state index contributed by atoms with van der Waals surface area (Å²) in [6, 6.07) is 8.57. The largest absolute Gasteiger partial charge is 0.483 e. The molecule has 1 unspecified atom stereocenters. The lowest BCUT2D eigenvalue weighted by molar-refractivity contribution is -0.119. The Morgan fingerprint density at radius 3 is 2.48 bits per heavy atom. The quantitative estimate of drug-likeness (QED) is 0.561. The van der Waals surface area contributed by atoms with Gasteiger partial charge in [-0.2, -0.15) is 0 Å². The number of rotatable bonds is 8. The molecule has 0 bridgehead atoms. The van der Waals surface area contributed by atoms with Crippen LogP contribution in [0.5, 0.6) is 5.75 Å². The summed E-state index contributed by atoms with van der Waals surface area (Å²) in [4.78, 5) is 12.3. The van der Waals surface area contributed by atoms with E-state index in [1.807, 2.05) is 23.6 Å². The molecule has 1 N–H and O–H groups in total. The first-order valence-corrected chi connectivity index (χ1v) is 12.4. The zero-order valence-electron chi connectivity index (χ0n) is 19.5. The van der Waals surface area contributed by atoms with Crippen LogP contribution in [0.25, 0.3) is 0 Å². The maximum Gasteiger partial charge on any atom is 0.230 e. The number of amides is 1. The minimum absolute atomic E-state index is 0.0762. The monoisotopic (exact) mass is 444 g/mol. The van der Waals surface area contributed by atoms with Crippen molar-refractivity contribution in [2.75, 3.05) is 5.75 Å². The van der Waals surface area contributed by atoms with Gasteiger partial charge < -0.3 is 14.6 Å². The summed E-state index contributed by atoms with van der Waals surface area (Å²) in [6.45, 7) is 11.4. The molecule has 2 aromatic rings. The van der Waals surface area contributed by atoms with Gasteiger partial charge in [-0.05, 0) is 49.8 Å². The van der Waals surface area contributed by atoms with Gasteiger partial charge in [0.2, 0.25) is 5.91 Å². The zero-order valence-corrected chi connectivity index (χ0v) is 20.3. The summed E-state index contributed by atoms with van der Waals surface area (Å²) >= 11 is 1.44. The van der Waals surface area contributed by atoms with Gasteiger partial charge in [0.25, 0.3) is 0 Å². The van der Waals surface area contributed by atoms with E-state index in [0.717, 1.165) is 36.1 Å². The summed E-state index contributed by atoms with van der Waals surface area (Å²) in [6.07, 6.45) is 5.66. The van der Waals surface area contributed by atoms with Crippen LogP contribution < -0.4 is 10.1 Å². The standard InChI is InChI=1S/C24H36N4O2S/c1-6-28-22(17(2)30-20-14-12-18(13-15-20)24(3,4)5)26-27-23(28)31-16-21(29)25-19-10-8-7-9-11-19/h12-15,17,19H,6-11,16H2,1-5H3,(H,25,29). The van der Waals surface area contributed by atoms with Crippen LogP contribution in [0.2, 0.25) is 0 Å². The Bertz CT molecular complexity index is 851. The number of nitrogens with one attached hydrogen (secondary N) is 1.